The summed E-state index contributed by atoms with van der Waals surface area (Å²) in [7, 11) is 1.46. The first kappa shape index (κ1) is 51.6. The van der Waals surface area contributed by atoms with Crippen LogP contribution in [0.1, 0.15) is 94.9 Å². The number of carbonyl (C=O) groups is 3. The summed E-state index contributed by atoms with van der Waals surface area (Å²) in [4.78, 5) is 46.1. The van der Waals surface area contributed by atoms with Gasteiger partial charge in [-0.3, -0.25) is 19.4 Å². The number of aliphatic hydroxyl groups is 5. The van der Waals surface area contributed by atoms with Gasteiger partial charge in [0.2, 0.25) is 5.91 Å². The van der Waals surface area contributed by atoms with E-state index in [1.165, 1.54) is 27.9 Å². The van der Waals surface area contributed by atoms with Gasteiger partial charge >= 0.3 is 5.97 Å². The number of nitrogens with one attached hydrogen (secondary N) is 2. The average Bonchev–Trinajstić information content (AvgIpc) is 3.24. The molecule has 7 N–H and O–H groups in total. The highest BCUT2D eigenvalue weighted by Crippen LogP contribution is 2.41. The number of aromatic nitrogens is 1. The number of carbonyl (C=O) groups excluding carboxylic acids is 3. The van der Waals surface area contributed by atoms with E-state index in [0.29, 0.717) is 12.1 Å². The number of rotatable bonds is 11. The molecule has 3 fully saturated rings. The van der Waals surface area contributed by atoms with Gasteiger partial charge < -0.3 is 64.6 Å². The molecule has 3 saturated heterocycles. The van der Waals surface area contributed by atoms with Crippen molar-refractivity contribution in [2.45, 2.75) is 173 Å². The first-order chi connectivity index (χ1) is 29.9. The Bertz CT molecular complexity index is 1900. The summed E-state index contributed by atoms with van der Waals surface area (Å²) in [5, 5.41) is 65.4. The number of benzene rings is 1. The third-order valence-electron chi connectivity index (χ3n) is 13.9. The minimum absolute atomic E-state index is 0.0426. The molecule has 360 valence electrons. The van der Waals surface area contributed by atoms with Gasteiger partial charge in [-0.25, -0.2) is 0 Å². The van der Waals surface area contributed by atoms with Crippen molar-refractivity contribution < 1.29 is 68.3 Å². The lowest BCUT2D eigenvalue weighted by atomic mass is 9.74. The van der Waals surface area contributed by atoms with Gasteiger partial charge in [0.05, 0.1) is 59.7 Å². The molecule has 3 aliphatic heterocycles. The molecule has 64 heavy (non-hydrogen) atoms. The highest BCUT2D eigenvalue weighted by atomic mass is 16.7. The van der Waals surface area contributed by atoms with Crippen LogP contribution in [0.4, 0.5) is 5.69 Å². The predicted molar refractivity (Wildman–Crippen MR) is 236 cm³/mol. The Morgan fingerprint density at radius 1 is 0.922 bits per heavy atom. The Balaban J connectivity index is 1.47. The number of aliphatic hydroxyl groups excluding tert-OH is 3. The largest absolute Gasteiger partial charge is 0.459 e. The van der Waals surface area contributed by atoms with Crippen molar-refractivity contribution in [1.82, 2.24) is 10.3 Å². The van der Waals surface area contributed by atoms with Crippen molar-refractivity contribution in [2.75, 3.05) is 25.5 Å². The van der Waals surface area contributed by atoms with E-state index in [1.54, 1.807) is 40.8 Å². The van der Waals surface area contributed by atoms with Crippen molar-refractivity contribution in [2.24, 2.45) is 29.6 Å². The number of esters is 1. The van der Waals surface area contributed by atoms with E-state index in [2.05, 4.69) is 15.6 Å². The Kier molecular flexibility index (Phi) is 17.0. The number of hydrogen-bond acceptors (Lipinski definition) is 16. The zero-order valence-electron chi connectivity index (χ0n) is 39.2. The minimum Gasteiger partial charge on any atom is -0.459 e. The smallest absolute Gasteiger partial charge is 0.311 e. The monoisotopic (exact) mass is 904 g/mol. The first-order valence-corrected chi connectivity index (χ1v) is 22.7. The van der Waals surface area contributed by atoms with Crippen LogP contribution in [0.3, 0.4) is 0 Å². The molecule has 17 nitrogen and oxygen atoms in total. The number of fused-ring (bicyclic) bond motifs is 1. The van der Waals surface area contributed by atoms with Crippen LogP contribution in [0, 0.1) is 29.6 Å². The Labute approximate surface area is 376 Å². The summed E-state index contributed by atoms with van der Waals surface area (Å²) in [5.41, 5.74) is -3.66. The highest BCUT2D eigenvalue weighted by molar-refractivity contribution is 5.85. The molecule has 1 aromatic heterocycles. The maximum absolute atomic E-state index is 14.6. The summed E-state index contributed by atoms with van der Waals surface area (Å²) in [6.07, 6.45) is -9.09. The second kappa shape index (κ2) is 21.1. The SMILES string of the molecule is COC1(C)CC(O[C@H]2[C@H](C)[C@@H](OC3OC(C)CC(C)C3O)[C@](C)(O)C[C@@H](C)C(=O)[C@H](C)[C@@H](O)[C@](C)(O)[C@@H](CCNC(=O)CNc3ccc4ncccc4c3)OC(=O)[C@@H]2C)OC(C)C1O. The average molecular weight is 904 g/mol. The summed E-state index contributed by atoms with van der Waals surface area (Å²) in [5.74, 6) is -6.17. The number of amides is 1. The van der Waals surface area contributed by atoms with E-state index in [-0.39, 0.29) is 44.4 Å². The van der Waals surface area contributed by atoms with Crippen molar-refractivity contribution >= 4 is 34.3 Å². The summed E-state index contributed by atoms with van der Waals surface area (Å²) < 4.78 is 37.4. The molecule has 17 heteroatoms. The second-order valence-corrected chi connectivity index (χ2v) is 19.4. The maximum Gasteiger partial charge on any atom is 0.311 e. The molecule has 0 bridgehead atoms. The number of nitrogens with zero attached hydrogens (tertiary/aromatic N) is 1. The van der Waals surface area contributed by atoms with Crippen LogP contribution in [0.5, 0.6) is 0 Å². The molecule has 2 aromatic rings. The number of methoxy groups -OCH3 is 1. The van der Waals surface area contributed by atoms with Crippen molar-refractivity contribution in [3.63, 3.8) is 0 Å². The van der Waals surface area contributed by atoms with Crippen LogP contribution in [0.15, 0.2) is 36.5 Å². The standard InChI is InChI=1S/C47H73N3O14/c1-24-19-26(3)60-44(38(24)53)64-42-28(5)39(63-36-22-46(9,59-11)41(55)30(7)61-36)29(6)43(56)62-34(47(10,58)40(54)27(4)37(52)25(2)21-45(42,8)57)16-18-49-35(51)23-50-32-14-15-33-31(20-32)13-12-17-48-33/h12-15,17,20,24-30,34,36,38-42,44,50,53-55,57-58H,16,18-19,21-23H2,1-11H3,(H,49,51)/t24?,25-,26?,27+,28+,29-,30?,34-,36?,38?,39+,40-,41?,42-,44?,45-,46?,47-/m1/s1. The maximum atomic E-state index is 14.6. The minimum atomic E-state index is -2.22. The summed E-state index contributed by atoms with van der Waals surface area (Å²) in [6.45, 7) is 16.0. The molecular weight excluding hydrogens is 831 g/mol. The summed E-state index contributed by atoms with van der Waals surface area (Å²) in [6, 6.07) is 9.24. The fraction of sp³-hybridized carbons (Fsp3) is 0.745. The van der Waals surface area contributed by atoms with Crippen molar-refractivity contribution in [3.8, 4) is 0 Å². The molecule has 1 amide bonds. The van der Waals surface area contributed by atoms with E-state index in [9.17, 15) is 39.9 Å². The Hall–Kier alpha value is -3.36. The lowest BCUT2D eigenvalue weighted by molar-refractivity contribution is -0.317. The van der Waals surface area contributed by atoms with Gasteiger partial charge in [-0.15, -0.1) is 0 Å². The first-order valence-electron chi connectivity index (χ1n) is 22.7. The van der Waals surface area contributed by atoms with Gasteiger partial charge in [-0.1, -0.05) is 33.8 Å². The summed E-state index contributed by atoms with van der Waals surface area (Å²) >= 11 is 0. The van der Waals surface area contributed by atoms with Crippen LogP contribution >= 0.6 is 0 Å². The van der Waals surface area contributed by atoms with Crippen molar-refractivity contribution in [3.05, 3.63) is 36.5 Å². The van der Waals surface area contributed by atoms with Crippen LogP contribution in [-0.2, 0) is 42.8 Å². The third kappa shape index (κ3) is 11.8. The molecule has 1 aromatic carbocycles. The Morgan fingerprint density at radius 2 is 1.62 bits per heavy atom. The van der Waals surface area contributed by atoms with E-state index in [0.717, 1.165) is 10.9 Å². The number of hydrogen-bond donors (Lipinski definition) is 7. The number of ether oxygens (including phenoxy) is 6. The van der Waals surface area contributed by atoms with Crippen LogP contribution in [0.2, 0.25) is 0 Å². The van der Waals surface area contributed by atoms with Gasteiger partial charge in [-0.05, 0) is 84.6 Å². The van der Waals surface area contributed by atoms with E-state index in [4.69, 9.17) is 28.4 Å². The molecule has 0 spiro atoms. The van der Waals surface area contributed by atoms with Gasteiger partial charge in [0, 0.05) is 61.5 Å². The number of ketones is 1. The van der Waals surface area contributed by atoms with Gasteiger partial charge in [0.15, 0.2) is 12.6 Å². The van der Waals surface area contributed by atoms with Crippen LogP contribution in [0.25, 0.3) is 10.9 Å². The van der Waals surface area contributed by atoms with Gasteiger partial charge in [0.25, 0.3) is 0 Å². The fourth-order valence-corrected chi connectivity index (χ4v) is 9.79. The number of pyridine rings is 1. The molecular formula is C47H73N3O14. The van der Waals surface area contributed by atoms with Crippen molar-refractivity contribution in [1.29, 1.82) is 0 Å². The lowest BCUT2D eigenvalue weighted by Crippen LogP contribution is -2.60. The zero-order chi connectivity index (χ0) is 47.5. The van der Waals surface area contributed by atoms with Crippen LogP contribution in [-0.4, -0.2) is 147 Å². The van der Waals surface area contributed by atoms with E-state index in [1.807, 2.05) is 44.2 Å². The lowest BCUT2D eigenvalue weighted by Gasteiger charge is -2.48. The molecule has 8 unspecified atom stereocenters. The number of Topliss-reactive ketones (excluding diaryl/α,β-unsaturated/α-hetero) is 1. The zero-order valence-corrected chi connectivity index (χ0v) is 39.2. The number of anilines is 1. The molecule has 18 atom stereocenters. The predicted octanol–water partition coefficient (Wildman–Crippen LogP) is 3.25. The molecule has 0 saturated carbocycles. The quantitative estimate of drug-likeness (QED) is 0.160. The number of cyclic esters (lactones) is 1. The second-order valence-electron chi connectivity index (χ2n) is 19.4. The van der Waals surface area contributed by atoms with Crippen LogP contribution < -0.4 is 10.6 Å². The normalized spacial score (nSPS) is 41.8. The molecule has 0 radical (unpaired) electrons. The fourth-order valence-electron chi connectivity index (χ4n) is 9.79. The third-order valence-corrected chi connectivity index (χ3v) is 13.9. The highest BCUT2D eigenvalue weighted by Gasteiger charge is 2.53. The topological polar surface area (TPSA) is 245 Å². The molecule has 3 aliphatic rings. The molecule has 5 rings (SSSR count). The Morgan fingerprint density at radius 3 is 2.31 bits per heavy atom. The molecule has 4 heterocycles. The van der Waals surface area contributed by atoms with E-state index >= 15 is 0 Å². The van der Waals surface area contributed by atoms with E-state index < -0.39 is 113 Å². The van der Waals surface area contributed by atoms with Gasteiger partial charge in [-0.2, -0.15) is 0 Å². The van der Waals surface area contributed by atoms with Gasteiger partial charge in [0.1, 0.15) is 29.7 Å². The molecule has 0 aliphatic carbocycles.